The summed E-state index contributed by atoms with van der Waals surface area (Å²) in [5.74, 6) is 0. The van der Waals surface area contributed by atoms with Crippen LogP contribution in [0.5, 0.6) is 0 Å². The van der Waals surface area contributed by atoms with Crippen LogP contribution in [0, 0.1) is 0 Å². The minimum atomic E-state index is -0.338. The van der Waals surface area contributed by atoms with Gasteiger partial charge in [0.05, 0.1) is 12.3 Å². The predicted molar refractivity (Wildman–Crippen MR) is 79.6 cm³/mol. The molecule has 1 aliphatic heterocycles. The Bertz CT molecular complexity index is 579. The summed E-state index contributed by atoms with van der Waals surface area (Å²) in [5.41, 5.74) is 3.42. The van der Waals surface area contributed by atoms with Gasteiger partial charge in [-0.2, -0.15) is 5.10 Å². The normalized spacial score (nSPS) is 18.7. The minimum absolute atomic E-state index is 0.338. The molecule has 4 nitrogen and oxygen atoms in total. The number of anilines is 1. The van der Waals surface area contributed by atoms with E-state index in [9.17, 15) is 5.11 Å². The molecule has 1 aliphatic rings. The van der Waals surface area contributed by atoms with E-state index in [-0.39, 0.29) is 6.10 Å². The first-order valence-electron chi connectivity index (χ1n) is 7.31. The molecule has 106 valence electrons. The number of aliphatic hydroxyl groups excluding tert-OH is 1. The van der Waals surface area contributed by atoms with Crippen molar-refractivity contribution in [1.29, 1.82) is 0 Å². The van der Waals surface area contributed by atoms with Gasteiger partial charge in [-0.15, -0.1) is 0 Å². The van der Waals surface area contributed by atoms with Gasteiger partial charge in [-0.25, -0.2) is 0 Å². The molecule has 0 aliphatic carbocycles. The van der Waals surface area contributed by atoms with Crippen molar-refractivity contribution >= 4 is 5.69 Å². The van der Waals surface area contributed by atoms with Gasteiger partial charge in [-0.1, -0.05) is 18.2 Å². The molecule has 0 spiro atoms. The number of aryl methyl sites for hydroxylation is 1. The highest BCUT2D eigenvalue weighted by molar-refractivity contribution is 5.55. The maximum absolute atomic E-state index is 10.2. The number of aromatic nitrogens is 2. The lowest BCUT2D eigenvalue weighted by molar-refractivity contribution is 0.168. The van der Waals surface area contributed by atoms with Crippen LogP contribution in [0.4, 0.5) is 5.69 Å². The molecule has 0 amide bonds. The lowest BCUT2D eigenvalue weighted by Crippen LogP contribution is -2.23. The van der Waals surface area contributed by atoms with Crippen LogP contribution in [0.1, 0.15) is 37.0 Å². The Hall–Kier alpha value is -1.81. The molecular weight excluding hydrogens is 250 g/mol. The van der Waals surface area contributed by atoms with E-state index in [1.807, 2.05) is 29.1 Å². The SMILES string of the molecule is CCn1cc(CN2CCCC(O)c3ccccc32)cn1. The van der Waals surface area contributed by atoms with Crippen molar-refractivity contribution in [3.05, 3.63) is 47.8 Å². The molecule has 1 unspecified atom stereocenters. The average molecular weight is 271 g/mol. The van der Waals surface area contributed by atoms with Crippen molar-refractivity contribution in [1.82, 2.24) is 9.78 Å². The molecule has 0 bridgehead atoms. The van der Waals surface area contributed by atoms with E-state index in [0.29, 0.717) is 0 Å². The highest BCUT2D eigenvalue weighted by Crippen LogP contribution is 2.33. The summed E-state index contributed by atoms with van der Waals surface area (Å²) in [6.45, 7) is 4.82. The van der Waals surface area contributed by atoms with Crippen molar-refractivity contribution in [2.24, 2.45) is 0 Å². The molecule has 1 atom stereocenters. The molecule has 1 aromatic carbocycles. The van der Waals surface area contributed by atoms with Crippen LogP contribution in [-0.2, 0) is 13.1 Å². The number of fused-ring (bicyclic) bond motifs is 1. The quantitative estimate of drug-likeness (QED) is 0.933. The minimum Gasteiger partial charge on any atom is -0.388 e. The van der Waals surface area contributed by atoms with Gasteiger partial charge in [0.2, 0.25) is 0 Å². The zero-order valence-electron chi connectivity index (χ0n) is 11.9. The van der Waals surface area contributed by atoms with Crippen molar-refractivity contribution < 1.29 is 5.11 Å². The number of benzene rings is 1. The summed E-state index contributed by atoms with van der Waals surface area (Å²) < 4.78 is 1.95. The largest absolute Gasteiger partial charge is 0.388 e. The number of aliphatic hydroxyl groups is 1. The van der Waals surface area contributed by atoms with Gasteiger partial charge in [-0.05, 0) is 25.8 Å². The molecule has 1 N–H and O–H groups in total. The van der Waals surface area contributed by atoms with E-state index >= 15 is 0 Å². The first-order valence-corrected chi connectivity index (χ1v) is 7.31. The predicted octanol–water partition coefficient (Wildman–Crippen LogP) is 2.74. The summed E-state index contributed by atoms with van der Waals surface area (Å²) >= 11 is 0. The Morgan fingerprint density at radius 1 is 1.35 bits per heavy atom. The third-order valence-corrected chi connectivity index (χ3v) is 3.93. The monoisotopic (exact) mass is 271 g/mol. The average Bonchev–Trinajstić information content (AvgIpc) is 2.87. The van der Waals surface area contributed by atoms with Gasteiger partial charge in [0.25, 0.3) is 0 Å². The van der Waals surface area contributed by atoms with E-state index in [1.165, 1.54) is 5.56 Å². The van der Waals surface area contributed by atoms with Crippen LogP contribution in [-0.4, -0.2) is 21.4 Å². The summed E-state index contributed by atoms with van der Waals surface area (Å²) in [7, 11) is 0. The van der Waals surface area contributed by atoms with Crippen LogP contribution in [0.15, 0.2) is 36.7 Å². The van der Waals surface area contributed by atoms with Crippen LogP contribution in [0.3, 0.4) is 0 Å². The molecular formula is C16H21N3O. The van der Waals surface area contributed by atoms with Crippen LogP contribution < -0.4 is 4.90 Å². The standard InChI is InChI=1S/C16H21N3O/c1-2-19-12-13(10-17-19)11-18-9-5-8-16(20)14-6-3-4-7-15(14)18/h3-4,6-7,10,12,16,20H,2,5,8-9,11H2,1H3. The number of para-hydroxylation sites is 1. The fourth-order valence-electron chi connectivity index (χ4n) is 2.85. The van der Waals surface area contributed by atoms with Crippen molar-refractivity contribution in [2.75, 3.05) is 11.4 Å². The van der Waals surface area contributed by atoms with E-state index < -0.39 is 0 Å². The van der Waals surface area contributed by atoms with E-state index in [0.717, 1.165) is 43.7 Å². The molecule has 4 heteroatoms. The van der Waals surface area contributed by atoms with Crippen LogP contribution in [0.25, 0.3) is 0 Å². The first-order chi connectivity index (χ1) is 9.78. The molecule has 2 heterocycles. The maximum atomic E-state index is 10.2. The second-order valence-corrected chi connectivity index (χ2v) is 5.34. The smallest absolute Gasteiger partial charge is 0.0810 e. The first kappa shape index (κ1) is 13.2. The van der Waals surface area contributed by atoms with Crippen molar-refractivity contribution in [3.63, 3.8) is 0 Å². The number of hydrogen-bond donors (Lipinski definition) is 1. The van der Waals surface area contributed by atoms with Gasteiger partial charge >= 0.3 is 0 Å². The summed E-state index contributed by atoms with van der Waals surface area (Å²) in [5, 5.41) is 14.6. The van der Waals surface area contributed by atoms with Crippen LogP contribution in [0.2, 0.25) is 0 Å². The third-order valence-electron chi connectivity index (χ3n) is 3.93. The number of rotatable bonds is 3. The van der Waals surface area contributed by atoms with E-state index in [1.54, 1.807) is 0 Å². The van der Waals surface area contributed by atoms with E-state index in [4.69, 9.17) is 0 Å². The van der Waals surface area contributed by atoms with Gasteiger partial charge in [0.15, 0.2) is 0 Å². The molecule has 0 fully saturated rings. The van der Waals surface area contributed by atoms with Gasteiger partial charge < -0.3 is 10.0 Å². The lowest BCUT2D eigenvalue weighted by atomic mass is 10.0. The Labute approximate surface area is 119 Å². The number of nitrogens with zero attached hydrogens (tertiary/aromatic N) is 3. The van der Waals surface area contributed by atoms with Crippen LogP contribution >= 0.6 is 0 Å². The third kappa shape index (κ3) is 2.56. The van der Waals surface area contributed by atoms with Gasteiger partial charge in [0, 0.05) is 42.6 Å². The topological polar surface area (TPSA) is 41.3 Å². The molecule has 20 heavy (non-hydrogen) atoms. The molecule has 2 aromatic rings. The summed E-state index contributed by atoms with van der Waals surface area (Å²) in [6, 6.07) is 8.18. The zero-order valence-corrected chi connectivity index (χ0v) is 11.9. The van der Waals surface area contributed by atoms with E-state index in [2.05, 4.69) is 29.2 Å². The van der Waals surface area contributed by atoms with Gasteiger partial charge in [-0.3, -0.25) is 4.68 Å². The Balaban J connectivity index is 1.87. The molecule has 3 rings (SSSR count). The molecule has 0 saturated heterocycles. The summed E-state index contributed by atoms with van der Waals surface area (Å²) in [4.78, 5) is 2.35. The Morgan fingerprint density at radius 3 is 3.00 bits per heavy atom. The number of hydrogen-bond acceptors (Lipinski definition) is 3. The van der Waals surface area contributed by atoms with Gasteiger partial charge in [0.1, 0.15) is 0 Å². The lowest BCUT2D eigenvalue weighted by Gasteiger charge is -2.24. The fourth-order valence-corrected chi connectivity index (χ4v) is 2.85. The fraction of sp³-hybridized carbons (Fsp3) is 0.438. The molecule has 1 aromatic heterocycles. The molecule has 0 radical (unpaired) electrons. The summed E-state index contributed by atoms with van der Waals surface area (Å²) in [6.07, 6.45) is 5.55. The maximum Gasteiger partial charge on any atom is 0.0810 e. The highest BCUT2D eigenvalue weighted by Gasteiger charge is 2.21. The second kappa shape index (κ2) is 5.67. The Kier molecular flexibility index (Phi) is 3.74. The molecule has 0 saturated carbocycles. The van der Waals surface area contributed by atoms with Crippen molar-refractivity contribution in [2.45, 2.75) is 39.0 Å². The second-order valence-electron chi connectivity index (χ2n) is 5.34. The van der Waals surface area contributed by atoms with Crippen molar-refractivity contribution in [3.8, 4) is 0 Å². The zero-order chi connectivity index (χ0) is 13.9. The highest BCUT2D eigenvalue weighted by atomic mass is 16.3. The Morgan fingerprint density at radius 2 is 2.20 bits per heavy atom.